The molecule has 0 unspecified atom stereocenters. The van der Waals surface area contributed by atoms with Crippen LogP contribution >= 0.6 is 0 Å². The first-order valence-corrected chi connectivity index (χ1v) is 3.33. The standard InChI is InChI=1S/C9H5N/c1-2-8-7-3-6(1)9(8)5-10-4-7/h1-5H. The smallest absolute Gasteiger partial charge is 0.0352 e. The molecule has 0 aromatic carbocycles. The van der Waals surface area contributed by atoms with E-state index in [-0.39, 0.29) is 0 Å². The molecule has 0 spiro atoms. The van der Waals surface area contributed by atoms with Crippen molar-refractivity contribution in [1.82, 2.24) is 4.98 Å². The molecule has 10 heavy (non-hydrogen) atoms. The Balaban J connectivity index is 2.59. The third-order valence-electron chi connectivity index (χ3n) is 2.07. The van der Waals surface area contributed by atoms with Gasteiger partial charge in [-0.25, -0.2) is 0 Å². The number of hydrogen-bond donors (Lipinski definition) is 0. The lowest BCUT2D eigenvalue weighted by Gasteiger charge is -1.92. The highest BCUT2D eigenvalue weighted by Crippen LogP contribution is 2.38. The van der Waals surface area contributed by atoms with Crippen molar-refractivity contribution in [1.29, 1.82) is 0 Å². The van der Waals surface area contributed by atoms with Crippen LogP contribution in [0.3, 0.4) is 0 Å². The third kappa shape index (κ3) is 0.320. The molecule has 2 aliphatic carbocycles. The lowest BCUT2D eigenvalue weighted by atomic mass is 10.2. The molecule has 0 aliphatic heterocycles. The number of allylic oxidation sites excluding steroid dienone is 2. The van der Waals surface area contributed by atoms with Gasteiger partial charge in [-0.15, -0.1) is 0 Å². The molecule has 1 heterocycles. The Morgan fingerprint density at radius 3 is 2.90 bits per heavy atom. The first kappa shape index (κ1) is 4.45. The number of pyridine rings is 1. The monoisotopic (exact) mass is 127 g/mol. The molecule has 4 bridgehead atoms. The Bertz CT molecular complexity index is 372. The van der Waals surface area contributed by atoms with E-state index < -0.39 is 0 Å². The minimum atomic E-state index is 1.27. The Labute approximate surface area is 58.7 Å². The van der Waals surface area contributed by atoms with Gasteiger partial charge in [0.1, 0.15) is 0 Å². The van der Waals surface area contributed by atoms with Gasteiger partial charge in [0.2, 0.25) is 0 Å². The maximum Gasteiger partial charge on any atom is 0.0352 e. The molecule has 0 fully saturated rings. The summed E-state index contributed by atoms with van der Waals surface area (Å²) in [4.78, 5) is 4.11. The minimum absolute atomic E-state index is 1.27. The normalized spacial score (nSPS) is 16.2. The van der Waals surface area contributed by atoms with E-state index in [2.05, 4.69) is 23.2 Å². The zero-order valence-corrected chi connectivity index (χ0v) is 5.33. The maximum atomic E-state index is 4.11. The summed E-state index contributed by atoms with van der Waals surface area (Å²) in [6.07, 6.45) is 10.3. The van der Waals surface area contributed by atoms with Crippen LogP contribution < -0.4 is 0 Å². The van der Waals surface area contributed by atoms with Gasteiger partial charge in [0.05, 0.1) is 0 Å². The molecule has 0 amide bonds. The number of nitrogens with zero attached hydrogens (tertiary/aromatic N) is 1. The van der Waals surface area contributed by atoms with Crippen molar-refractivity contribution in [3.8, 4) is 0 Å². The van der Waals surface area contributed by atoms with Crippen LogP contribution in [0.2, 0.25) is 0 Å². The molecule has 0 atom stereocenters. The fourth-order valence-corrected chi connectivity index (χ4v) is 1.57. The minimum Gasteiger partial charge on any atom is -0.263 e. The van der Waals surface area contributed by atoms with Gasteiger partial charge in [-0.2, -0.15) is 0 Å². The van der Waals surface area contributed by atoms with Crippen molar-refractivity contribution < 1.29 is 0 Å². The van der Waals surface area contributed by atoms with Crippen LogP contribution in [0.1, 0.15) is 16.7 Å². The average molecular weight is 127 g/mol. The van der Waals surface area contributed by atoms with E-state index in [1.54, 1.807) is 0 Å². The summed E-state index contributed by atoms with van der Waals surface area (Å²) in [6.45, 7) is 0. The van der Waals surface area contributed by atoms with Gasteiger partial charge in [0, 0.05) is 23.5 Å². The number of aromatic nitrogens is 1. The SMILES string of the molecule is C1=Cc2c3cncc2C1=C3. The topological polar surface area (TPSA) is 12.9 Å². The number of hydrogen-bond acceptors (Lipinski definition) is 1. The summed E-state index contributed by atoms with van der Waals surface area (Å²) in [5, 5.41) is 0. The van der Waals surface area contributed by atoms with Crippen LogP contribution in [0.5, 0.6) is 0 Å². The van der Waals surface area contributed by atoms with Gasteiger partial charge in [0.25, 0.3) is 0 Å². The van der Waals surface area contributed by atoms with Crippen LogP contribution in [-0.4, -0.2) is 4.98 Å². The third-order valence-corrected chi connectivity index (χ3v) is 2.07. The van der Waals surface area contributed by atoms with E-state index in [1.807, 2.05) is 12.4 Å². The molecule has 0 N–H and O–H groups in total. The zero-order valence-electron chi connectivity index (χ0n) is 5.33. The second kappa shape index (κ2) is 1.21. The van der Waals surface area contributed by atoms with Crippen molar-refractivity contribution in [2.24, 2.45) is 0 Å². The van der Waals surface area contributed by atoms with Crippen LogP contribution in [0.15, 0.2) is 18.5 Å². The van der Waals surface area contributed by atoms with E-state index in [4.69, 9.17) is 0 Å². The molecule has 3 rings (SSSR count). The van der Waals surface area contributed by atoms with Gasteiger partial charge >= 0.3 is 0 Å². The second-order valence-corrected chi connectivity index (χ2v) is 2.62. The van der Waals surface area contributed by atoms with Crippen molar-refractivity contribution in [3.05, 3.63) is 35.2 Å². The highest BCUT2D eigenvalue weighted by atomic mass is 14.6. The van der Waals surface area contributed by atoms with Crippen molar-refractivity contribution in [2.45, 2.75) is 0 Å². The Kier molecular flexibility index (Phi) is 0.539. The van der Waals surface area contributed by atoms with Gasteiger partial charge in [-0.1, -0.05) is 12.2 Å². The fraction of sp³-hybridized carbons (Fsp3) is 0. The van der Waals surface area contributed by atoms with Crippen molar-refractivity contribution in [3.63, 3.8) is 0 Å². The van der Waals surface area contributed by atoms with Crippen LogP contribution in [-0.2, 0) is 0 Å². The van der Waals surface area contributed by atoms with Gasteiger partial charge in [-0.05, 0) is 17.2 Å². The summed E-state index contributed by atoms with van der Waals surface area (Å²) in [5.74, 6) is 0. The largest absolute Gasteiger partial charge is 0.263 e. The molecule has 46 valence electrons. The lowest BCUT2D eigenvalue weighted by Crippen LogP contribution is -1.79. The van der Waals surface area contributed by atoms with Crippen molar-refractivity contribution >= 4 is 17.7 Å². The summed E-state index contributed by atoms with van der Waals surface area (Å²) in [6, 6.07) is 0. The highest BCUT2D eigenvalue weighted by Gasteiger charge is 2.19. The zero-order chi connectivity index (χ0) is 6.55. The molecule has 0 radical (unpaired) electrons. The highest BCUT2D eigenvalue weighted by molar-refractivity contribution is 6.05. The Morgan fingerprint density at radius 2 is 2.10 bits per heavy atom. The van der Waals surface area contributed by atoms with E-state index in [1.165, 1.54) is 22.3 Å². The molecule has 1 aromatic rings. The molecule has 0 saturated carbocycles. The maximum absolute atomic E-state index is 4.11. The second-order valence-electron chi connectivity index (χ2n) is 2.62. The lowest BCUT2D eigenvalue weighted by molar-refractivity contribution is 1.31. The molecule has 1 aromatic heterocycles. The molecule has 2 aliphatic rings. The van der Waals surface area contributed by atoms with Gasteiger partial charge < -0.3 is 0 Å². The summed E-state index contributed by atoms with van der Waals surface area (Å²) >= 11 is 0. The predicted molar refractivity (Wildman–Crippen MR) is 41.1 cm³/mol. The first-order valence-electron chi connectivity index (χ1n) is 3.33. The number of rotatable bonds is 0. The van der Waals surface area contributed by atoms with E-state index in [9.17, 15) is 0 Å². The Hall–Kier alpha value is -1.37. The van der Waals surface area contributed by atoms with Crippen LogP contribution in [0.4, 0.5) is 0 Å². The molecular weight excluding hydrogens is 122 g/mol. The van der Waals surface area contributed by atoms with Crippen molar-refractivity contribution in [2.75, 3.05) is 0 Å². The predicted octanol–water partition coefficient (Wildman–Crippen LogP) is 1.96. The fourth-order valence-electron chi connectivity index (χ4n) is 1.57. The first-order chi connectivity index (χ1) is 4.95. The van der Waals surface area contributed by atoms with E-state index in [0.717, 1.165) is 0 Å². The Morgan fingerprint density at radius 1 is 1.10 bits per heavy atom. The van der Waals surface area contributed by atoms with Crippen LogP contribution in [0, 0.1) is 0 Å². The summed E-state index contributed by atoms with van der Waals surface area (Å²) in [7, 11) is 0. The van der Waals surface area contributed by atoms with Gasteiger partial charge in [0.15, 0.2) is 0 Å². The van der Waals surface area contributed by atoms with E-state index in [0.29, 0.717) is 0 Å². The molecule has 1 nitrogen and oxygen atoms in total. The molecule has 1 heteroatoms. The molecule has 0 saturated heterocycles. The van der Waals surface area contributed by atoms with Gasteiger partial charge in [-0.3, -0.25) is 4.98 Å². The van der Waals surface area contributed by atoms with E-state index >= 15 is 0 Å². The average Bonchev–Trinajstić information content (AvgIpc) is 2.44. The summed E-state index contributed by atoms with van der Waals surface area (Å²) in [5.41, 5.74) is 5.25. The summed E-state index contributed by atoms with van der Waals surface area (Å²) < 4.78 is 0. The molecular formula is C9H5N. The quantitative estimate of drug-likeness (QED) is 0.519. The van der Waals surface area contributed by atoms with Crippen LogP contribution in [0.25, 0.3) is 17.7 Å².